The summed E-state index contributed by atoms with van der Waals surface area (Å²) in [5, 5.41) is 4.62. The van der Waals surface area contributed by atoms with E-state index in [0.29, 0.717) is 6.04 Å². The van der Waals surface area contributed by atoms with Crippen LogP contribution in [-0.4, -0.2) is 39.4 Å². The third-order valence-electron chi connectivity index (χ3n) is 4.45. The molecule has 2 aliphatic rings. The Balaban J connectivity index is 1.64. The second-order valence-electron chi connectivity index (χ2n) is 5.59. The number of nitrogens with one attached hydrogen (secondary N) is 1. The molecule has 3 heterocycles. The van der Waals surface area contributed by atoms with E-state index in [4.69, 9.17) is 0 Å². The van der Waals surface area contributed by atoms with Crippen molar-refractivity contribution in [3.63, 3.8) is 0 Å². The molecule has 1 aromatic heterocycles. The number of piperidine rings is 2. The molecule has 1 N–H and O–H groups in total. The van der Waals surface area contributed by atoms with E-state index < -0.39 is 0 Å². The van der Waals surface area contributed by atoms with E-state index >= 15 is 0 Å². The number of aromatic nitrogens is 2. The molecule has 2 aliphatic heterocycles. The van der Waals surface area contributed by atoms with Gasteiger partial charge in [-0.3, -0.25) is 0 Å². The van der Waals surface area contributed by atoms with Crippen LogP contribution < -0.4 is 5.32 Å². The molecule has 5 heteroatoms. The van der Waals surface area contributed by atoms with Crippen molar-refractivity contribution in [2.45, 2.75) is 63.6 Å². The van der Waals surface area contributed by atoms with E-state index in [2.05, 4.69) is 33.5 Å². The van der Waals surface area contributed by atoms with Crippen LogP contribution in [0.1, 0.15) is 44.9 Å². The molecule has 2 fully saturated rings. The van der Waals surface area contributed by atoms with Crippen LogP contribution in [0.3, 0.4) is 0 Å². The normalized spacial score (nSPS) is 32.4. The molecule has 4 nitrogen and oxygen atoms in total. The molecule has 0 radical (unpaired) electrons. The van der Waals surface area contributed by atoms with Crippen LogP contribution in [0.2, 0.25) is 0 Å². The summed E-state index contributed by atoms with van der Waals surface area (Å²) in [6, 6.07) is 2.14. The fourth-order valence-corrected chi connectivity index (χ4v) is 4.09. The van der Waals surface area contributed by atoms with E-state index in [0.717, 1.165) is 29.5 Å². The number of fused-ring (bicyclic) bond motifs is 2. The van der Waals surface area contributed by atoms with E-state index in [1.54, 1.807) is 0 Å². The van der Waals surface area contributed by atoms with Gasteiger partial charge in [-0.05, 0) is 32.7 Å². The molecule has 2 saturated heterocycles. The molecular formula is C13H22N4S. The Bertz CT molecular complexity index is 391. The van der Waals surface area contributed by atoms with Crippen molar-refractivity contribution < 1.29 is 0 Å². The number of hydrogen-bond donors (Lipinski definition) is 1. The SMILES string of the molecule is CCc1nsc(NC2CC3CCCC(C2)N3C)n1. The van der Waals surface area contributed by atoms with Gasteiger partial charge >= 0.3 is 0 Å². The van der Waals surface area contributed by atoms with Crippen LogP contribution in [0.5, 0.6) is 0 Å². The molecule has 3 rings (SSSR count). The highest BCUT2D eigenvalue weighted by atomic mass is 32.1. The van der Waals surface area contributed by atoms with Crippen LogP contribution in [0.4, 0.5) is 5.13 Å². The zero-order valence-electron chi connectivity index (χ0n) is 11.2. The van der Waals surface area contributed by atoms with Crippen molar-refractivity contribution in [2.24, 2.45) is 0 Å². The van der Waals surface area contributed by atoms with Crippen LogP contribution in [-0.2, 0) is 6.42 Å². The van der Waals surface area contributed by atoms with Crippen LogP contribution in [0, 0.1) is 0 Å². The van der Waals surface area contributed by atoms with Gasteiger partial charge in [0, 0.05) is 36.1 Å². The second kappa shape index (κ2) is 5.13. The Morgan fingerprint density at radius 2 is 2.06 bits per heavy atom. The number of anilines is 1. The fraction of sp³-hybridized carbons (Fsp3) is 0.846. The lowest BCUT2D eigenvalue weighted by Crippen LogP contribution is -2.52. The van der Waals surface area contributed by atoms with Gasteiger partial charge in [-0.15, -0.1) is 0 Å². The minimum Gasteiger partial charge on any atom is -0.357 e. The van der Waals surface area contributed by atoms with Gasteiger partial charge < -0.3 is 10.2 Å². The van der Waals surface area contributed by atoms with E-state index in [9.17, 15) is 0 Å². The minimum atomic E-state index is 0.592. The maximum atomic E-state index is 4.52. The first-order valence-corrected chi connectivity index (χ1v) is 7.84. The smallest absolute Gasteiger partial charge is 0.202 e. The third kappa shape index (κ3) is 2.38. The van der Waals surface area contributed by atoms with Gasteiger partial charge in [0.1, 0.15) is 5.82 Å². The summed E-state index contributed by atoms with van der Waals surface area (Å²) in [5.41, 5.74) is 0. The lowest BCUT2D eigenvalue weighted by atomic mass is 9.82. The molecule has 0 spiro atoms. The molecule has 2 bridgehead atoms. The summed E-state index contributed by atoms with van der Waals surface area (Å²) in [6.07, 6.45) is 7.58. The molecule has 0 aromatic carbocycles. The molecule has 0 aliphatic carbocycles. The van der Waals surface area contributed by atoms with Gasteiger partial charge in [0.15, 0.2) is 0 Å². The van der Waals surface area contributed by atoms with Crippen LogP contribution >= 0.6 is 11.5 Å². The minimum absolute atomic E-state index is 0.592. The number of nitrogens with zero attached hydrogens (tertiary/aromatic N) is 3. The monoisotopic (exact) mass is 266 g/mol. The summed E-state index contributed by atoms with van der Waals surface area (Å²) in [7, 11) is 2.30. The highest BCUT2D eigenvalue weighted by Gasteiger charge is 2.36. The summed E-state index contributed by atoms with van der Waals surface area (Å²) in [4.78, 5) is 7.11. The molecular weight excluding hydrogens is 244 g/mol. The number of aryl methyl sites for hydroxylation is 1. The van der Waals surface area contributed by atoms with Crippen molar-refractivity contribution in [1.29, 1.82) is 0 Å². The van der Waals surface area contributed by atoms with Gasteiger partial charge in [-0.2, -0.15) is 4.37 Å². The van der Waals surface area contributed by atoms with E-state index in [1.165, 1.54) is 43.6 Å². The van der Waals surface area contributed by atoms with Gasteiger partial charge in [-0.25, -0.2) is 4.98 Å². The molecule has 0 saturated carbocycles. The Hall–Kier alpha value is -0.680. The standard InChI is InChI=1S/C13H22N4S/c1-3-12-15-13(18-16-12)14-9-7-10-5-4-6-11(8-9)17(10)2/h9-11H,3-8H2,1-2H3,(H,14,15,16). The maximum Gasteiger partial charge on any atom is 0.202 e. The Kier molecular flexibility index (Phi) is 3.52. The van der Waals surface area contributed by atoms with Crippen molar-refractivity contribution in [1.82, 2.24) is 14.3 Å². The van der Waals surface area contributed by atoms with Gasteiger partial charge in [0.05, 0.1) is 0 Å². The molecule has 0 amide bonds. The van der Waals surface area contributed by atoms with Crippen molar-refractivity contribution in [3.8, 4) is 0 Å². The Morgan fingerprint density at radius 3 is 2.67 bits per heavy atom. The predicted octanol–water partition coefficient (Wildman–Crippen LogP) is 2.53. The first-order valence-electron chi connectivity index (χ1n) is 7.07. The molecule has 1 aromatic rings. The Labute approximate surface area is 113 Å². The first kappa shape index (κ1) is 12.4. The van der Waals surface area contributed by atoms with Crippen molar-refractivity contribution >= 4 is 16.7 Å². The summed E-state index contributed by atoms with van der Waals surface area (Å²) >= 11 is 1.51. The largest absolute Gasteiger partial charge is 0.357 e. The zero-order valence-corrected chi connectivity index (χ0v) is 12.0. The lowest BCUT2D eigenvalue weighted by Gasteiger charge is -2.47. The third-order valence-corrected chi connectivity index (χ3v) is 5.14. The zero-order chi connectivity index (χ0) is 12.5. The summed E-state index contributed by atoms with van der Waals surface area (Å²) < 4.78 is 4.34. The quantitative estimate of drug-likeness (QED) is 0.913. The molecule has 2 unspecified atom stereocenters. The maximum absolute atomic E-state index is 4.52. The van der Waals surface area contributed by atoms with Gasteiger partial charge in [0.25, 0.3) is 0 Å². The van der Waals surface area contributed by atoms with Crippen LogP contribution in [0.15, 0.2) is 0 Å². The highest BCUT2D eigenvalue weighted by molar-refractivity contribution is 7.09. The van der Waals surface area contributed by atoms with Gasteiger partial charge in [-0.1, -0.05) is 13.3 Å². The molecule has 18 heavy (non-hydrogen) atoms. The van der Waals surface area contributed by atoms with Crippen molar-refractivity contribution in [3.05, 3.63) is 5.82 Å². The topological polar surface area (TPSA) is 41.1 Å². The summed E-state index contributed by atoms with van der Waals surface area (Å²) in [6.45, 7) is 2.10. The molecule has 100 valence electrons. The first-order chi connectivity index (χ1) is 8.76. The fourth-order valence-electron chi connectivity index (χ4n) is 3.36. The van der Waals surface area contributed by atoms with E-state index in [1.807, 2.05) is 0 Å². The number of hydrogen-bond acceptors (Lipinski definition) is 5. The highest BCUT2D eigenvalue weighted by Crippen LogP contribution is 2.34. The summed E-state index contributed by atoms with van der Waals surface area (Å²) in [5.74, 6) is 0.968. The van der Waals surface area contributed by atoms with Crippen LogP contribution in [0.25, 0.3) is 0 Å². The molecule has 2 atom stereocenters. The van der Waals surface area contributed by atoms with E-state index in [-0.39, 0.29) is 0 Å². The number of rotatable bonds is 3. The second-order valence-corrected chi connectivity index (χ2v) is 6.34. The average Bonchev–Trinajstić information content (AvgIpc) is 2.78. The predicted molar refractivity (Wildman–Crippen MR) is 75.1 cm³/mol. The van der Waals surface area contributed by atoms with Crippen molar-refractivity contribution in [2.75, 3.05) is 12.4 Å². The lowest BCUT2D eigenvalue weighted by molar-refractivity contribution is 0.0608. The average molecular weight is 266 g/mol. The Morgan fingerprint density at radius 1 is 1.33 bits per heavy atom. The van der Waals surface area contributed by atoms with Gasteiger partial charge in [0.2, 0.25) is 5.13 Å².